The van der Waals surface area contributed by atoms with Gasteiger partial charge in [0, 0.05) is 5.69 Å². The summed E-state index contributed by atoms with van der Waals surface area (Å²) in [5.41, 5.74) is 0.860. The summed E-state index contributed by atoms with van der Waals surface area (Å²) in [6, 6.07) is 11.1. The molecule has 0 aliphatic carbocycles. The topological polar surface area (TPSA) is 67.4 Å². The van der Waals surface area contributed by atoms with E-state index in [9.17, 15) is 9.59 Å². The number of ether oxygens (including phenoxy) is 1. The highest BCUT2D eigenvalue weighted by molar-refractivity contribution is 7.98. The summed E-state index contributed by atoms with van der Waals surface area (Å²) < 4.78 is 5.65. The van der Waals surface area contributed by atoms with Gasteiger partial charge in [0.25, 0.3) is 5.91 Å². The van der Waals surface area contributed by atoms with Gasteiger partial charge < -0.3 is 15.4 Å². The Labute approximate surface area is 191 Å². The van der Waals surface area contributed by atoms with Gasteiger partial charge in [0.15, 0.2) is 0 Å². The Kier molecular flexibility index (Phi) is 9.82. The Morgan fingerprint density at radius 3 is 2.47 bits per heavy atom. The van der Waals surface area contributed by atoms with Crippen LogP contribution in [0, 0.1) is 5.92 Å². The monoisotopic (exact) mass is 468 g/mol. The largest absolute Gasteiger partial charge is 0.492 e. The fourth-order valence-electron chi connectivity index (χ4n) is 2.57. The van der Waals surface area contributed by atoms with Crippen LogP contribution in [-0.4, -0.2) is 36.5 Å². The van der Waals surface area contributed by atoms with Crippen molar-refractivity contribution in [1.82, 2.24) is 5.32 Å². The number of rotatable bonds is 10. The molecule has 0 saturated heterocycles. The SMILES string of the molecule is CSCCC(NC(=O)c1ccccc1Cl)C(=O)Nc1ccc(OCC(C)C)c(Cl)c1. The van der Waals surface area contributed by atoms with Gasteiger partial charge in [-0.05, 0) is 54.7 Å². The van der Waals surface area contributed by atoms with Crippen molar-refractivity contribution in [1.29, 1.82) is 0 Å². The molecule has 2 N–H and O–H groups in total. The Balaban J connectivity index is 2.08. The molecule has 2 amide bonds. The second-order valence-electron chi connectivity index (χ2n) is 7.13. The van der Waals surface area contributed by atoms with Crippen molar-refractivity contribution in [3.05, 3.63) is 58.1 Å². The second-order valence-corrected chi connectivity index (χ2v) is 8.93. The molecule has 0 radical (unpaired) electrons. The average molecular weight is 469 g/mol. The van der Waals surface area contributed by atoms with Gasteiger partial charge in [-0.25, -0.2) is 0 Å². The zero-order valence-electron chi connectivity index (χ0n) is 17.2. The smallest absolute Gasteiger partial charge is 0.253 e. The van der Waals surface area contributed by atoms with Gasteiger partial charge in [-0.3, -0.25) is 9.59 Å². The quantitative estimate of drug-likeness (QED) is 0.481. The lowest BCUT2D eigenvalue weighted by molar-refractivity contribution is -0.118. The molecule has 1 unspecified atom stereocenters. The highest BCUT2D eigenvalue weighted by Crippen LogP contribution is 2.28. The fourth-order valence-corrected chi connectivity index (χ4v) is 3.50. The number of hydrogen-bond donors (Lipinski definition) is 2. The van der Waals surface area contributed by atoms with E-state index in [0.29, 0.717) is 51.7 Å². The van der Waals surface area contributed by atoms with Crippen LogP contribution >= 0.6 is 35.0 Å². The van der Waals surface area contributed by atoms with E-state index >= 15 is 0 Å². The number of hydrogen-bond acceptors (Lipinski definition) is 4. The molecular formula is C22H26Cl2N2O3S. The van der Waals surface area contributed by atoms with Crippen LogP contribution in [0.25, 0.3) is 0 Å². The first-order valence-electron chi connectivity index (χ1n) is 9.59. The van der Waals surface area contributed by atoms with Gasteiger partial charge in [-0.1, -0.05) is 49.2 Å². The van der Waals surface area contributed by atoms with Gasteiger partial charge >= 0.3 is 0 Å². The van der Waals surface area contributed by atoms with E-state index in [1.807, 2.05) is 20.1 Å². The molecular weight excluding hydrogens is 443 g/mol. The van der Waals surface area contributed by atoms with E-state index in [1.165, 1.54) is 0 Å². The molecule has 162 valence electrons. The van der Waals surface area contributed by atoms with Crippen LogP contribution in [0.5, 0.6) is 5.75 Å². The number of carbonyl (C=O) groups excluding carboxylic acids is 2. The number of thioether (sulfide) groups is 1. The summed E-state index contributed by atoms with van der Waals surface area (Å²) in [5.74, 6) is 0.936. The molecule has 1 atom stereocenters. The van der Waals surface area contributed by atoms with E-state index in [1.54, 1.807) is 54.2 Å². The lowest BCUT2D eigenvalue weighted by atomic mass is 10.1. The van der Waals surface area contributed by atoms with Crippen LogP contribution in [0.3, 0.4) is 0 Å². The molecule has 2 rings (SSSR count). The highest BCUT2D eigenvalue weighted by Gasteiger charge is 2.22. The molecule has 0 bridgehead atoms. The molecule has 0 aliphatic rings. The fraction of sp³-hybridized carbons (Fsp3) is 0.364. The van der Waals surface area contributed by atoms with Crippen molar-refractivity contribution in [2.24, 2.45) is 5.92 Å². The van der Waals surface area contributed by atoms with Crippen LogP contribution < -0.4 is 15.4 Å². The van der Waals surface area contributed by atoms with E-state index in [0.717, 1.165) is 0 Å². The molecule has 8 heteroatoms. The van der Waals surface area contributed by atoms with Crippen molar-refractivity contribution in [2.45, 2.75) is 26.3 Å². The molecule has 0 aliphatic heterocycles. The van der Waals surface area contributed by atoms with Gasteiger partial charge in [0.1, 0.15) is 11.8 Å². The number of carbonyl (C=O) groups is 2. The summed E-state index contributed by atoms with van der Waals surface area (Å²) in [6.45, 7) is 4.65. The predicted molar refractivity (Wildman–Crippen MR) is 126 cm³/mol. The van der Waals surface area contributed by atoms with E-state index in [4.69, 9.17) is 27.9 Å². The number of halogens is 2. The lowest BCUT2D eigenvalue weighted by Crippen LogP contribution is -2.44. The number of nitrogens with one attached hydrogen (secondary N) is 2. The maximum absolute atomic E-state index is 12.8. The normalized spacial score (nSPS) is 11.8. The van der Waals surface area contributed by atoms with Gasteiger partial charge in [-0.2, -0.15) is 11.8 Å². The number of amides is 2. The highest BCUT2D eigenvalue weighted by atomic mass is 35.5. The third-order valence-corrected chi connectivity index (χ3v) is 5.39. The van der Waals surface area contributed by atoms with Crippen LogP contribution in [0.4, 0.5) is 5.69 Å². The molecule has 0 fully saturated rings. The van der Waals surface area contributed by atoms with Gasteiger partial charge in [0.2, 0.25) is 5.91 Å². The first-order chi connectivity index (χ1) is 14.3. The Bertz CT molecular complexity index is 877. The molecule has 0 heterocycles. The molecule has 2 aromatic rings. The summed E-state index contributed by atoms with van der Waals surface area (Å²) in [7, 11) is 0. The third kappa shape index (κ3) is 7.42. The average Bonchev–Trinajstić information content (AvgIpc) is 2.70. The number of anilines is 1. The minimum absolute atomic E-state index is 0.323. The van der Waals surface area contributed by atoms with Crippen LogP contribution in [0.15, 0.2) is 42.5 Å². The van der Waals surface area contributed by atoms with E-state index < -0.39 is 11.9 Å². The summed E-state index contributed by atoms with van der Waals surface area (Å²) in [4.78, 5) is 25.4. The van der Waals surface area contributed by atoms with Gasteiger partial charge in [-0.15, -0.1) is 0 Å². The zero-order chi connectivity index (χ0) is 22.1. The standard InChI is InChI=1S/C22H26Cl2N2O3S/c1-14(2)13-29-20-9-8-15(12-18(20)24)25-22(28)19(10-11-30-3)26-21(27)16-6-4-5-7-17(16)23/h4-9,12,14,19H,10-11,13H2,1-3H3,(H,25,28)(H,26,27). The first-order valence-corrected chi connectivity index (χ1v) is 11.7. The number of benzene rings is 2. The summed E-state index contributed by atoms with van der Waals surface area (Å²) in [5, 5.41) is 6.35. The van der Waals surface area contributed by atoms with Gasteiger partial charge in [0.05, 0.1) is 22.2 Å². The molecule has 5 nitrogen and oxygen atoms in total. The Hall–Kier alpha value is -1.89. The lowest BCUT2D eigenvalue weighted by Gasteiger charge is -2.19. The maximum Gasteiger partial charge on any atom is 0.253 e. The molecule has 0 aromatic heterocycles. The van der Waals surface area contributed by atoms with Crippen LogP contribution in [0.1, 0.15) is 30.6 Å². The zero-order valence-corrected chi connectivity index (χ0v) is 19.5. The third-order valence-electron chi connectivity index (χ3n) is 4.12. The van der Waals surface area contributed by atoms with Crippen molar-refractivity contribution >= 4 is 52.5 Å². The first kappa shape index (κ1) is 24.4. The van der Waals surface area contributed by atoms with Crippen molar-refractivity contribution < 1.29 is 14.3 Å². The maximum atomic E-state index is 12.8. The van der Waals surface area contributed by atoms with Crippen molar-refractivity contribution in [3.63, 3.8) is 0 Å². The predicted octanol–water partition coefficient (Wildman–Crippen LogP) is 5.52. The van der Waals surface area contributed by atoms with Crippen molar-refractivity contribution in [2.75, 3.05) is 23.9 Å². The molecule has 0 spiro atoms. The summed E-state index contributed by atoms with van der Waals surface area (Å²) >= 11 is 14.0. The second kappa shape index (κ2) is 12.1. The van der Waals surface area contributed by atoms with Crippen LogP contribution in [-0.2, 0) is 4.79 Å². The van der Waals surface area contributed by atoms with Crippen LogP contribution in [0.2, 0.25) is 10.0 Å². The minimum Gasteiger partial charge on any atom is -0.492 e. The molecule has 0 saturated carbocycles. The molecule has 2 aromatic carbocycles. The van der Waals surface area contributed by atoms with Crippen molar-refractivity contribution in [3.8, 4) is 5.75 Å². The molecule has 30 heavy (non-hydrogen) atoms. The Morgan fingerprint density at radius 1 is 1.10 bits per heavy atom. The summed E-state index contributed by atoms with van der Waals surface area (Å²) in [6.07, 6.45) is 2.42. The van der Waals surface area contributed by atoms with E-state index in [-0.39, 0.29) is 5.91 Å². The minimum atomic E-state index is -0.711. The van der Waals surface area contributed by atoms with E-state index in [2.05, 4.69) is 10.6 Å². The Morgan fingerprint density at radius 2 is 1.83 bits per heavy atom.